The fourth-order valence-electron chi connectivity index (χ4n) is 8.63. The Bertz CT molecular complexity index is 817. The number of aliphatic hydroxyl groups is 1. The first kappa shape index (κ1) is 21.5. The fraction of sp³-hybridized carbons (Fsp3) is 0.846. The minimum Gasteiger partial charge on any atom is -0.390 e. The van der Waals surface area contributed by atoms with E-state index in [9.17, 15) is 9.90 Å². The van der Waals surface area contributed by atoms with Gasteiger partial charge in [0.15, 0.2) is 0 Å². The number of nitrogens with one attached hydrogen (secondary N) is 1. The molecular formula is C26H41N3O2. The number of aromatic nitrogens is 2. The van der Waals surface area contributed by atoms with Crippen LogP contribution in [-0.4, -0.2) is 32.9 Å². The Morgan fingerprint density at radius 3 is 2.71 bits per heavy atom. The summed E-state index contributed by atoms with van der Waals surface area (Å²) in [7, 11) is 1.83. The Labute approximate surface area is 187 Å². The maximum Gasteiger partial charge on any atom is 0.269 e. The lowest BCUT2D eigenvalue weighted by Crippen LogP contribution is -2.55. The van der Waals surface area contributed by atoms with Gasteiger partial charge >= 0.3 is 0 Å². The summed E-state index contributed by atoms with van der Waals surface area (Å²) in [5.41, 5.74) is 0.568. The lowest BCUT2D eigenvalue weighted by molar-refractivity contribution is -0.125. The smallest absolute Gasteiger partial charge is 0.269 e. The normalized spacial score (nSPS) is 44.6. The number of amides is 1. The lowest BCUT2D eigenvalue weighted by Gasteiger charge is -2.61. The van der Waals surface area contributed by atoms with Crippen molar-refractivity contribution >= 4 is 5.91 Å². The number of aryl methyl sites for hydroxylation is 1. The molecule has 31 heavy (non-hydrogen) atoms. The molecule has 0 spiro atoms. The number of carbonyl (C=O) groups is 1. The molecule has 4 aliphatic rings. The van der Waals surface area contributed by atoms with Gasteiger partial charge in [0.25, 0.3) is 5.91 Å². The van der Waals surface area contributed by atoms with E-state index in [0.717, 1.165) is 49.0 Å². The van der Waals surface area contributed by atoms with Crippen LogP contribution in [0, 0.1) is 40.9 Å². The highest BCUT2D eigenvalue weighted by Crippen LogP contribution is 2.63. The highest BCUT2D eigenvalue weighted by molar-refractivity contribution is 5.92. The average Bonchev–Trinajstić information content (AvgIpc) is 3.16. The topological polar surface area (TPSA) is 67.2 Å². The number of fused-ring (bicyclic) bond motifs is 5. The molecule has 0 saturated heterocycles. The number of nitrogens with zero attached hydrogens (tertiary/aromatic N) is 2. The first-order valence-corrected chi connectivity index (χ1v) is 12.8. The fourth-order valence-corrected chi connectivity index (χ4v) is 8.63. The standard InChI is InChI=1S/C26H41N3O2/c1-25(31)12-9-19-17(15-25)7-8-21-20(19)10-13-26(2)18(5-4-6-22(21)26)16-27-24(30)23-11-14-28-29(23)3/h11,14,17-22,31H,4-10,12-13,15-16H2,1-3H3,(H,27,30)/t17-,18-,19+,20-,21-,22+,25-,26-/m1/s1. The second kappa shape index (κ2) is 7.90. The van der Waals surface area contributed by atoms with Crippen molar-refractivity contribution in [2.75, 3.05) is 6.54 Å². The van der Waals surface area contributed by atoms with Crippen LogP contribution < -0.4 is 5.32 Å². The highest BCUT2D eigenvalue weighted by atomic mass is 16.3. The predicted octanol–water partition coefficient (Wildman–Crippen LogP) is 4.56. The number of rotatable bonds is 3. The molecular weight excluding hydrogens is 386 g/mol. The second-order valence-electron chi connectivity index (χ2n) is 11.9. The molecule has 0 bridgehead atoms. The molecule has 1 heterocycles. The van der Waals surface area contributed by atoms with Crippen molar-refractivity contribution in [3.8, 4) is 0 Å². The quantitative estimate of drug-likeness (QED) is 0.743. The number of hydrogen-bond donors (Lipinski definition) is 2. The summed E-state index contributed by atoms with van der Waals surface area (Å²) in [4.78, 5) is 12.7. The molecule has 5 heteroatoms. The Balaban J connectivity index is 1.28. The van der Waals surface area contributed by atoms with Crippen LogP contribution in [0.1, 0.15) is 88.5 Å². The SMILES string of the molecule is Cn1nccc1C(=O)NC[C@H]1CCC[C@H]2[C@@H]3CC[C@@H]4C[C@](C)(O)CC[C@@H]4[C@H]3CC[C@]12C. The monoisotopic (exact) mass is 427 g/mol. The van der Waals surface area contributed by atoms with Gasteiger partial charge in [-0.1, -0.05) is 13.3 Å². The van der Waals surface area contributed by atoms with Crippen LogP contribution in [0.25, 0.3) is 0 Å². The van der Waals surface area contributed by atoms with Crippen molar-refractivity contribution in [3.63, 3.8) is 0 Å². The van der Waals surface area contributed by atoms with Crippen LogP contribution in [-0.2, 0) is 7.05 Å². The molecule has 0 radical (unpaired) electrons. The maximum atomic E-state index is 12.7. The summed E-state index contributed by atoms with van der Waals surface area (Å²) in [6.45, 7) is 5.40. The van der Waals surface area contributed by atoms with Crippen molar-refractivity contribution in [1.82, 2.24) is 15.1 Å². The van der Waals surface area contributed by atoms with Crippen LogP contribution in [0.4, 0.5) is 0 Å². The summed E-state index contributed by atoms with van der Waals surface area (Å²) < 4.78 is 1.66. The molecule has 0 aliphatic heterocycles. The van der Waals surface area contributed by atoms with Crippen molar-refractivity contribution in [2.45, 2.75) is 83.7 Å². The molecule has 1 aromatic heterocycles. The van der Waals surface area contributed by atoms with Gasteiger partial charge < -0.3 is 10.4 Å². The third-order valence-corrected chi connectivity index (χ3v) is 10.2. The van der Waals surface area contributed by atoms with Crippen LogP contribution in [0.3, 0.4) is 0 Å². The van der Waals surface area contributed by atoms with E-state index < -0.39 is 5.60 Å². The Morgan fingerprint density at radius 1 is 1.13 bits per heavy atom. The Morgan fingerprint density at radius 2 is 1.94 bits per heavy atom. The minimum absolute atomic E-state index is 0.00850. The van der Waals surface area contributed by atoms with E-state index in [1.54, 1.807) is 16.9 Å². The molecule has 0 aromatic carbocycles. The summed E-state index contributed by atoms with van der Waals surface area (Å²) in [6.07, 6.45) is 14.2. The van der Waals surface area contributed by atoms with Crippen LogP contribution in [0.15, 0.2) is 12.3 Å². The first-order chi connectivity index (χ1) is 14.8. The Kier molecular flexibility index (Phi) is 5.47. The number of hydrogen-bond acceptors (Lipinski definition) is 3. The molecule has 4 fully saturated rings. The molecule has 4 saturated carbocycles. The van der Waals surface area contributed by atoms with Crippen LogP contribution >= 0.6 is 0 Å². The zero-order valence-electron chi connectivity index (χ0n) is 19.6. The molecule has 1 amide bonds. The van der Waals surface area contributed by atoms with Gasteiger partial charge in [-0.2, -0.15) is 5.10 Å². The van der Waals surface area contributed by atoms with E-state index in [2.05, 4.69) is 24.3 Å². The van der Waals surface area contributed by atoms with Crippen molar-refractivity contribution in [3.05, 3.63) is 18.0 Å². The summed E-state index contributed by atoms with van der Waals surface area (Å²) in [5.74, 6) is 4.71. The highest BCUT2D eigenvalue weighted by Gasteiger charge is 2.55. The summed E-state index contributed by atoms with van der Waals surface area (Å²) in [5, 5.41) is 18.0. The van der Waals surface area contributed by atoms with Crippen LogP contribution in [0.5, 0.6) is 0 Å². The van der Waals surface area contributed by atoms with Gasteiger partial charge in [-0.3, -0.25) is 9.48 Å². The third-order valence-electron chi connectivity index (χ3n) is 10.2. The minimum atomic E-state index is -0.431. The van der Waals surface area contributed by atoms with E-state index in [-0.39, 0.29) is 5.91 Å². The summed E-state index contributed by atoms with van der Waals surface area (Å²) in [6, 6.07) is 1.80. The largest absolute Gasteiger partial charge is 0.390 e. The molecule has 4 aliphatic carbocycles. The van der Waals surface area contributed by atoms with Gasteiger partial charge in [-0.15, -0.1) is 0 Å². The first-order valence-electron chi connectivity index (χ1n) is 12.8. The molecule has 5 nitrogen and oxygen atoms in total. The maximum absolute atomic E-state index is 12.7. The molecule has 172 valence electrons. The zero-order chi connectivity index (χ0) is 21.8. The van der Waals surface area contributed by atoms with Crippen molar-refractivity contribution in [2.24, 2.45) is 48.0 Å². The molecule has 1 aromatic rings. The van der Waals surface area contributed by atoms with Gasteiger partial charge in [0.1, 0.15) is 5.69 Å². The van der Waals surface area contributed by atoms with Gasteiger partial charge in [0.2, 0.25) is 0 Å². The summed E-state index contributed by atoms with van der Waals surface area (Å²) >= 11 is 0. The predicted molar refractivity (Wildman–Crippen MR) is 121 cm³/mol. The van der Waals surface area contributed by atoms with Gasteiger partial charge in [-0.25, -0.2) is 0 Å². The van der Waals surface area contributed by atoms with Crippen LogP contribution in [0.2, 0.25) is 0 Å². The average molecular weight is 428 g/mol. The van der Waals surface area contributed by atoms with E-state index in [1.165, 1.54) is 51.4 Å². The van der Waals surface area contributed by atoms with Crippen molar-refractivity contribution in [1.29, 1.82) is 0 Å². The van der Waals surface area contributed by atoms with E-state index in [1.807, 2.05) is 7.05 Å². The van der Waals surface area contributed by atoms with E-state index in [4.69, 9.17) is 0 Å². The molecule has 5 rings (SSSR count). The lowest BCUT2D eigenvalue weighted by atomic mass is 9.45. The second-order valence-corrected chi connectivity index (χ2v) is 11.9. The third kappa shape index (κ3) is 3.75. The van der Waals surface area contributed by atoms with E-state index in [0.29, 0.717) is 17.0 Å². The van der Waals surface area contributed by atoms with E-state index >= 15 is 0 Å². The molecule has 0 unspecified atom stereocenters. The van der Waals surface area contributed by atoms with Gasteiger partial charge in [0, 0.05) is 19.8 Å². The zero-order valence-corrected chi connectivity index (χ0v) is 19.6. The van der Waals surface area contributed by atoms with Gasteiger partial charge in [-0.05, 0) is 112 Å². The molecule has 8 atom stereocenters. The molecule has 2 N–H and O–H groups in total. The Hall–Kier alpha value is -1.36. The van der Waals surface area contributed by atoms with Crippen molar-refractivity contribution < 1.29 is 9.90 Å². The number of carbonyl (C=O) groups excluding carboxylic acids is 1. The van der Waals surface area contributed by atoms with Gasteiger partial charge in [0.05, 0.1) is 5.60 Å².